The number of hydrogen-bond acceptors (Lipinski definition) is 11. The second-order valence-corrected chi connectivity index (χ2v) is 16.5. The lowest BCUT2D eigenvalue weighted by Gasteiger charge is -2.43. The van der Waals surface area contributed by atoms with Crippen LogP contribution in [0.1, 0.15) is 18.4 Å². The predicted octanol–water partition coefficient (Wildman–Crippen LogP) is 5.07. The maximum absolute atomic E-state index is 13.4. The molecule has 0 saturated carbocycles. The van der Waals surface area contributed by atoms with Gasteiger partial charge in [-0.15, -0.1) is 0 Å². The maximum Gasteiger partial charge on any atom is 0.229 e. The van der Waals surface area contributed by atoms with E-state index in [2.05, 4.69) is 75.4 Å². The van der Waals surface area contributed by atoms with E-state index in [9.17, 15) is 4.57 Å². The second-order valence-electron chi connectivity index (χ2n) is 12.5. The Morgan fingerprint density at radius 1 is 0.933 bits per heavy atom. The molecular weight excluding hydrogens is 653 g/mol. The molecule has 45 heavy (non-hydrogen) atoms. The fourth-order valence-corrected chi connectivity index (χ4v) is 8.45. The van der Waals surface area contributed by atoms with Crippen LogP contribution in [0.15, 0.2) is 47.3 Å². The predicted molar refractivity (Wildman–Crippen MR) is 185 cm³/mol. The number of rotatable bonds is 7. The molecule has 2 saturated heterocycles. The van der Waals surface area contributed by atoms with E-state index >= 15 is 0 Å². The van der Waals surface area contributed by atoms with E-state index < -0.39 is 7.14 Å². The number of anilines is 5. The molecule has 3 aliphatic rings. The van der Waals surface area contributed by atoms with Gasteiger partial charge in [0.2, 0.25) is 5.95 Å². The number of piperazine rings is 1. The summed E-state index contributed by atoms with van der Waals surface area (Å²) in [5, 5.41) is 7.42. The van der Waals surface area contributed by atoms with Crippen LogP contribution < -0.4 is 25.6 Å². The number of nitrogens with one attached hydrogen (secondary N) is 2. The molecule has 7 rings (SSSR count). The molecule has 2 N–H and O–H groups in total. The molecule has 2 aromatic heterocycles. The number of fused-ring (bicyclic) bond motifs is 2. The van der Waals surface area contributed by atoms with Gasteiger partial charge in [0.05, 0.1) is 33.3 Å². The van der Waals surface area contributed by atoms with Gasteiger partial charge in [0, 0.05) is 81.6 Å². The molecule has 2 fully saturated rings. The van der Waals surface area contributed by atoms with Crippen LogP contribution in [-0.2, 0) is 11.0 Å². The summed E-state index contributed by atoms with van der Waals surface area (Å²) in [4.78, 5) is 25.9. The molecule has 5 heterocycles. The topological polar surface area (TPSA) is 112 Å². The van der Waals surface area contributed by atoms with Crippen molar-refractivity contribution in [2.45, 2.75) is 25.3 Å². The molecule has 3 aliphatic heterocycles. The highest BCUT2D eigenvalue weighted by Crippen LogP contribution is 2.43. The summed E-state index contributed by atoms with van der Waals surface area (Å²) in [6, 6.07) is 8.72. The molecule has 13 heteroatoms. The summed E-state index contributed by atoms with van der Waals surface area (Å²) in [6.07, 6.45) is 8.23. The summed E-state index contributed by atoms with van der Waals surface area (Å²) in [7, 11) is -0.506. The van der Waals surface area contributed by atoms with Gasteiger partial charge in [-0.1, -0.05) is 0 Å². The number of piperidine rings is 1. The van der Waals surface area contributed by atoms with Crippen LogP contribution in [0.25, 0.3) is 11.0 Å². The van der Waals surface area contributed by atoms with Crippen molar-refractivity contribution in [2.75, 3.05) is 81.8 Å². The summed E-state index contributed by atoms with van der Waals surface area (Å²) in [5.41, 5.74) is 5.36. The van der Waals surface area contributed by atoms with Crippen molar-refractivity contribution >= 4 is 68.2 Å². The molecule has 0 spiro atoms. The van der Waals surface area contributed by atoms with E-state index in [1.165, 1.54) is 50.3 Å². The average Bonchev–Trinajstić information content (AvgIpc) is 3.53. The first kappa shape index (κ1) is 30.3. The van der Waals surface area contributed by atoms with E-state index in [0.717, 1.165) is 30.9 Å². The van der Waals surface area contributed by atoms with E-state index in [1.807, 2.05) is 12.1 Å². The Hall–Kier alpha value is -3.31. The number of hydrogen-bond donors (Lipinski definition) is 2. The Kier molecular flexibility index (Phi) is 8.41. The monoisotopic (exact) mass is 691 g/mol. The van der Waals surface area contributed by atoms with Crippen molar-refractivity contribution < 1.29 is 9.30 Å². The van der Waals surface area contributed by atoms with Crippen LogP contribution in [-0.4, -0.2) is 102 Å². The number of nitrogens with zero attached hydrogens (tertiary/aromatic N) is 7. The largest absolute Gasteiger partial charge is 0.491 e. The highest BCUT2D eigenvalue weighted by Gasteiger charge is 2.30. The van der Waals surface area contributed by atoms with Crippen molar-refractivity contribution in [3.05, 3.63) is 52.9 Å². The molecule has 0 amide bonds. The third-order valence-corrected chi connectivity index (χ3v) is 11.2. The fourth-order valence-electron chi connectivity index (χ4n) is 6.76. The van der Waals surface area contributed by atoms with Gasteiger partial charge in [0.1, 0.15) is 24.2 Å². The average molecular weight is 693 g/mol. The van der Waals surface area contributed by atoms with Gasteiger partial charge in [-0.3, -0.25) is 14.9 Å². The Bertz CT molecular complexity index is 1770. The van der Waals surface area contributed by atoms with Crippen LogP contribution in [0, 0.1) is 0 Å². The van der Waals surface area contributed by atoms with Crippen LogP contribution in [0.4, 0.5) is 28.8 Å². The second kappa shape index (κ2) is 12.5. The quantitative estimate of drug-likeness (QED) is 0.254. The lowest BCUT2D eigenvalue weighted by molar-refractivity contribution is 0.0982. The van der Waals surface area contributed by atoms with Gasteiger partial charge in [-0.2, -0.15) is 4.98 Å². The molecule has 0 bridgehead atoms. The van der Waals surface area contributed by atoms with Crippen molar-refractivity contribution in [1.29, 1.82) is 0 Å². The standard InChI is InChI=1S/C32H39BrN9O2P/c1-40-15-17-41(18-16-40)21-8-13-42(14-9-21)27-7-6-25(29-22(27)10-19-44-29)38-32-36-20-23(33)31(39-32)37-26-5-4-24-28(35-12-11-34-24)30(26)45(2,3)43/h4-7,11-12,20-21H,8-10,13-19H2,1-3H3,(H2,36,37,38,39). The molecule has 236 valence electrons. The molecule has 0 unspecified atom stereocenters. The fraction of sp³-hybridized carbons (Fsp3) is 0.438. The van der Waals surface area contributed by atoms with Gasteiger partial charge in [-0.25, -0.2) is 4.98 Å². The van der Waals surface area contributed by atoms with Gasteiger partial charge in [0.15, 0.2) is 0 Å². The zero-order valence-electron chi connectivity index (χ0n) is 26.0. The van der Waals surface area contributed by atoms with E-state index in [0.29, 0.717) is 50.9 Å². The molecule has 4 aromatic rings. The van der Waals surface area contributed by atoms with Crippen LogP contribution in [0.5, 0.6) is 5.75 Å². The first-order chi connectivity index (χ1) is 21.7. The van der Waals surface area contributed by atoms with Crippen LogP contribution >= 0.6 is 23.1 Å². The van der Waals surface area contributed by atoms with Gasteiger partial charge >= 0.3 is 0 Å². The third kappa shape index (κ3) is 6.25. The van der Waals surface area contributed by atoms with Gasteiger partial charge in [0.25, 0.3) is 0 Å². The van der Waals surface area contributed by atoms with E-state index in [-0.39, 0.29) is 0 Å². The summed E-state index contributed by atoms with van der Waals surface area (Å²) >= 11 is 3.59. The first-order valence-corrected chi connectivity index (χ1v) is 19.0. The van der Waals surface area contributed by atoms with Crippen molar-refractivity contribution in [3.8, 4) is 5.75 Å². The minimum atomic E-state index is -2.72. The summed E-state index contributed by atoms with van der Waals surface area (Å²) < 4.78 is 20.3. The Balaban J connectivity index is 1.10. The number of ether oxygens (including phenoxy) is 1. The van der Waals surface area contributed by atoms with Crippen molar-refractivity contribution in [1.82, 2.24) is 29.7 Å². The van der Waals surface area contributed by atoms with E-state index in [4.69, 9.17) is 9.72 Å². The molecule has 11 nitrogen and oxygen atoms in total. The Morgan fingerprint density at radius 3 is 2.47 bits per heavy atom. The summed E-state index contributed by atoms with van der Waals surface area (Å²) in [6.45, 7) is 10.9. The maximum atomic E-state index is 13.4. The highest BCUT2D eigenvalue weighted by molar-refractivity contribution is 9.10. The van der Waals surface area contributed by atoms with E-state index in [1.54, 1.807) is 31.9 Å². The molecule has 0 atom stereocenters. The van der Waals surface area contributed by atoms with Crippen molar-refractivity contribution in [2.24, 2.45) is 0 Å². The minimum absolute atomic E-state index is 0.428. The first-order valence-electron chi connectivity index (χ1n) is 15.6. The number of halogens is 1. The molecular formula is C32H39BrN9O2P. The van der Waals surface area contributed by atoms with Gasteiger partial charge < -0.3 is 29.7 Å². The smallest absolute Gasteiger partial charge is 0.229 e. The molecule has 2 aromatic carbocycles. The minimum Gasteiger partial charge on any atom is -0.491 e. The van der Waals surface area contributed by atoms with Crippen molar-refractivity contribution in [3.63, 3.8) is 0 Å². The third-order valence-electron chi connectivity index (χ3n) is 9.09. The number of aromatic nitrogens is 4. The number of likely N-dealkylation sites (N-methyl/N-ethyl adjacent to an activating group) is 1. The van der Waals surface area contributed by atoms with Crippen LogP contribution in [0.2, 0.25) is 0 Å². The Morgan fingerprint density at radius 2 is 1.69 bits per heavy atom. The van der Waals surface area contributed by atoms with Crippen LogP contribution in [0.3, 0.4) is 0 Å². The Labute approximate surface area is 272 Å². The lowest BCUT2D eigenvalue weighted by Crippen LogP contribution is -2.52. The summed E-state index contributed by atoms with van der Waals surface area (Å²) in [5.74, 6) is 1.85. The zero-order valence-corrected chi connectivity index (χ0v) is 28.4. The normalized spacial score (nSPS) is 18.2. The zero-order chi connectivity index (χ0) is 31.1. The molecule has 0 radical (unpaired) electrons. The molecule has 0 aliphatic carbocycles. The highest BCUT2D eigenvalue weighted by atomic mass is 79.9. The number of benzene rings is 2. The lowest BCUT2D eigenvalue weighted by atomic mass is 9.99. The van der Waals surface area contributed by atoms with Gasteiger partial charge in [-0.05, 0) is 73.4 Å². The SMILES string of the molecule is CN1CCN(C2CCN(c3ccc(Nc4ncc(Br)c(Nc5ccc6nccnc6c5P(C)(C)=O)n4)c4c3CCO4)CC2)CC1.